The Bertz CT molecular complexity index is 726. The monoisotopic (exact) mass is 300 g/mol. The van der Waals surface area contributed by atoms with E-state index in [1.165, 1.54) is 0 Å². The first kappa shape index (κ1) is 12.6. The molecule has 2 aromatic heterocycles. The number of carbonyl (C=O) groups excluding carboxylic acids is 1. The van der Waals surface area contributed by atoms with E-state index in [-0.39, 0.29) is 11.9 Å². The molecule has 1 unspecified atom stereocenters. The summed E-state index contributed by atoms with van der Waals surface area (Å²) < 4.78 is 2.10. The third kappa shape index (κ3) is 2.06. The number of nitrogens with one attached hydrogen (secondary N) is 1. The number of nitrogens with zero attached hydrogens (tertiary/aromatic N) is 2. The van der Waals surface area contributed by atoms with Gasteiger partial charge in [0.05, 0.1) is 11.6 Å². The Morgan fingerprint density at radius 2 is 2.33 bits per heavy atom. The molecule has 5 nitrogen and oxygen atoms in total. The Kier molecular flexibility index (Phi) is 2.85. The molecule has 0 radical (unpaired) electrons. The molecule has 0 aromatic carbocycles. The van der Waals surface area contributed by atoms with Crippen LogP contribution < -0.4 is 11.2 Å². The van der Waals surface area contributed by atoms with Gasteiger partial charge in [0.25, 0.3) is 5.91 Å². The minimum atomic E-state index is -0.0741. The Hall–Kier alpha value is -2.08. The zero-order valence-electron chi connectivity index (χ0n) is 11.5. The average Bonchev–Trinajstić information content (AvgIpc) is 3.04. The summed E-state index contributed by atoms with van der Waals surface area (Å²) in [5, 5.41) is 10.0. The number of thiophene rings is 1. The summed E-state index contributed by atoms with van der Waals surface area (Å²) in [6, 6.07) is 5.87. The fraction of sp³-hybridized carbons (Fsp3) is 0.333. The van der Waals surface area contributed by atoms with E-state index in [1.807, 2.05) is 23.7 Å². The molecule has 0 saturated heterocycles. The lowest BCUT2D eigenvalue weighted by atomic mass is 10.0. The minimum absolute atomic E-state index is 0.0212. The zero-order valence-corrected chi connectivity index (χ0v) is 12.3. The second-order valence-electron chi connectivity index (χ2n) is 5.57. The third-order valence-corrected chi connectivity index (χ3v) is 5.09. The van der Waals surface area contributed by atoms with Crippen molar-refractivity contribution in [2.45, 2.75) is 25.3 Å². The second kappa shape index (κ2) is 4.73. The Balaban J connectivity index is 1.73. The van der Waals surface area contributed by atoms with E-state index in [9.17, 15) is 4.79 Å². The van der Waals surface area contributed by atoms with Crippen LogP contribution in [0.2, 0.25) is 0 Å². The predicted molar refractivity (Wildman–Crippen MR) is 82.8 cm³/mol. The highest BCUT2D eigenvalue weighted by molar-refractivity contribution is 7.13. The SMILES string of the molecule is N/N=C(\CC1NC(=O)c2ccsc2-n2cccc21)C1CC1. The summed E-state index contributed by atoms with van der Waals surface area (Å²) in [7, 11) is 0. The van der Waals surface area contributed by atoms with Gasteiger partial charge in [-0.1, -0.05) is 0 Å². The van der Waals surface area contributed by atoms with Crippen LogP contribution in [0, 0.1) is 5.92 Å². The van der Waals surface area contributed by atoms with Gasteiger partial charge in [-0.15, -0.1) is 11.3 Å². The molecule has 21 heavy (non-hydrogen) atoms. The van der Waals surface area contributed by atoms with E-state index >= 15 is 0 Å². The maximum absolute atomic E-state index is 12.4. The van der Waals surface area contributed by atoms with E-state index < -0.39 is 0 Å². The van der Waals surface area contributed by atoms with Crippen molar-refractivity contribution in [1.29, 1.82) is 0 Å². The molecule has 1 aliphatic carbocycles. The van der Waals surface area contributed by atoms with Crippen LogP contribution in [0.5, 0.6) is 0 Å². The van der Waals surface area contributed by atoms with E-state index in [1.54, 1.807) is 11.3 Å². The molecular formula is C15H16N4OS. The first-order valence-electron chi connectivity index (χ1n) is 7.10. The molecule has 3 N–H and O–H groups in total. The Labute approximate surface area is 126 Å². The quantitative estimate of drug-likeness (QED) is 0.519. The number of rotatable bonds is 3. The Morgan fingerprint density at radius 3 is 3.10 bits per heavy atom. The Morgan fingerprint density at radius 1 is 1.48 bits per heavy atom. The average molecular weight is 300 g/mol. The van der Waals surface area contributed by atoms with Crippen LogP contribution in [0.25, 0.3) is 5.00 Å². The maximum atomic E-state index is 12.4. The second-order valence-corrected chi connectivity index (χ2v) is 6.46. The fourth-order valence-electron chi connectivity index (χ4n) is 2.94. The van der Waals surface area contributed by atoms with Gasteiger partial charge < -0.3 is 15.7 Å². The molecule has 4 rings (SSSR count). The van der Waals surface area contributed by atoms with Crippen LogP contribution in [0.1, 0.15) is 41.4 Å². The number of hydrogen-bond donors (Lipinski definition) is 2. The normalized spacial score (nSPS) is 21.4. The van der Waals surface area contributed by atoms with Crippen LogP contribution in [0.3, 0.4) is 0 Å². The van der Waals surface area contributed by atoms with Gasteiger partial charge in [0, 0.05) is 24.0 Å². The lowest BCUT2D eigenvalue weighted by Crippen LogP contribution is -2.29. The number of nitrogens with two attached hydrogens (primary N) is 1. The number of aromatic nitrogens is 1. The number of hydrogen-bond acceptors (Lipinski definition) is 4. The van der Waals surface area contributed by atoms with Crippen LogP contribution in [0.15, 0.2) is 34.9 Å². The smallest absolute Gasteiger partial charge is 0.254 e. The maximum Gasteiger partial charge on any atom is 0.254 e. The van der Waals surface area contributed by atoms with Gasteiger partial charge in [0.1, 0.15) is 5.00 Å². The van der Waals surface area contributed by atoms with E-state index in [0.717, 1.165) is 34.8 Å². The van der Waals surface area contributed by atoms with Gasteiger partial charge in [-0.3, -0.25) is 4.79 Å². The largest absolute Gasteiger partial charge is 0.343 e. The van der Waals surface area contributed by atoms with Crippen molar-refractivity contribution in [1.82, 2.24) is 9.88 Å². The van der Waals surface area contributed by atoms with Crippen molar-refractivity contribution < 1.29 is 4.79 Å². The van der Waals surface area contributed by atoms with Crippen molar-refractivity contribution in [3.63, 3.8) is 0 Å². The molecule has 3 heterocycles. The number of hydrazone groups is 1. The van der Waals surface area contributed by atoms with Crippen LogP contribution in [0.4, 0.5) is 0 Å². The molecule has 1 aliphatic heterocycles. The van der Waals surface area contributed by atoms with Crippen molar-refractivity contribution in [2.75, 3.05) is 0 Å². The summed E-state index contributed by atoms with van der Waals surface area (Å²) in [5.74, 6) is 6.02. The summed E-state index contributed by atoms with van der Waals surface area (Å²) in [6.45, 7) is 0. The standard InChI is InChI=1S/C15H16N4OS/c16-18-11(9-3-4-9)8-12-13-2-1-6-19(13)15-10(5-7-21-15)14(20)17-12/h1-2,5-7,9,12H,3-4,8,16H2,(H,17,20)/b18-11+. The fourth-order valence-corrected chi connectivity index (χ4v) is 3.84. The van der Waals surface area contributed by atoms with Gasteiger partial charge in [-0.2, -0.15) is 5.10 Å². The molecule has 1 atom stereocenters. The summed E-state index contributed by atoms with van der Waals surface area (Å²) in [6.07, 6.45) is 5.01. The lowest BCUT2D eigenvalue weighted by Gasteiger charge is -2.18. The molecule has 1 saturated carbocycles. The van der Waals surface area contributed by atoms with Crippen molar-refractivity contribution >= 4 is 23.0 Å². The van der Waals surface area contributed by atoms with Gasteiger partial charge >= 0.3 is 0 Å². The van der Waals surface area contributed by atoms with Crippen molar-refractivity contribution in [3.8, 4) is 5.00 Å². The highest BCUT2D eigenvalue weighted by atomic mass is 32.1. The van der Waals surface area contributed by atoms with Crippen molar-refractivity contribution in [2.24, 2.45) is 16.9 Å². The van der Waals surface area contributed by atoms with Gasteiger partial charge in [0.2, 0.25) is 0 Å². The number of carbonyl (C=O) groups is 1. The third-order valence-electron chi connectivity index (χ3n) is 4.18. The molecule has 2 aromatic rings. The first-order valence-corrected chi connectivity index (χ1v) is 7.98. The van der Waals surface area contributed by atoms with Gasteiger partial charge in [-0.05, 0) is 42.3 Å². The molecule has 2 aliphatic rings. The molecule has 108 valence electrons. The van der Waals surface area contributed by atoms with Crippen LogP contribution in [-0.2, 0) is 0 Å². The molecule has 0 bridgehead atoms. The lowest BCUT2D eigenvalue weighted by molar-refractivity contribution is 0.0940. The summed E-state index contributed by atoms with van der Waals surface area (Å²) in [5.41, 5.74) is 2.84. The molecule has 0 spiro atoms. The molecule has 1 fully saturated rings. The van der Waals surface area contributed by atoms with Gasteiger partial charge in [-0.25, -0.2) is 0 Å². The first-order chi connectivity index (χ1) is 10.3. The summed E-state index contributed by atoms with van der Waals surface area (Å²) in [4.78, 5) is 12.4. The number of fused-ring (bicyclic) bond motifs is 3. The highest BCUT2D eigenvalue weighted by Gasteiger charge is 2.33. The zero-order chi connectivity index (χ0) is 14.4. The van der Waals surface area contributed by atoms with E-state index in [2.05, 4.69) is 21.1 Å². The minimum Gasteiger partial charge on any atom is -0.343 e. The van der Waals surface area contributed by atoms with Crippen molar-refractivity contribution in [3.05, 3.63) is 41.0 Å². The van der Waals surface area contributed by atoms with E-state index in [0.29, 0.717) is 12.3 Å². The summed E-state index contributed by atoms with van der Waals surface area (Å²) >= 11 is 1.58. The molecular weight excluding hydrogens is 284 g/mol. The topological polar surface area (TPSA) is 72.4 Å². The number of amides is 1. The molecule has 1 amide bonds. The highest BCUT2D eigenvalue weighted by Crippen LogP contribution is 2.36. The molecule has 6 heteroatoms. The van der Waals surface area contributed by atoms with E-state index in [4.69, 9.17) is 5.84 Å². The predicted octanol–water partition coefficient (Wildman–Crippen LogP) is 2.44. The van der Waals surface area contributed by atoms with Gasteiger partial charge in [0.15, 0.2) is 0 Å². The van der Waals surface area contributed by atoms with Crippen LogP contribution in [-0.4, -0.2) is 16.2 Å². The van der Waals surface area contributed by atoms with Crippen LogP contribution >= 0.6 is 11.3 Å².